The van der Waals surface area contributed by atoms with E-state index in [4.69, 9.17) is 0 Å². The van der Waals surface area contributed by atoms with E-state index in [9.17, 15) is 0 Å². The van der Waals surface area contributed by atoms with E-state index < -0.39 is 0 Å². The maximum absolute atomic E-state index is 2.12. The van der Waals surface area contributed by atoms with Gasteiger partial charge in [-0.25, -0.2) is 0 Å². The molecular formula is C10H18I2. The van der Waals surface area contributed by atoms with E-state index in [1.165, 1.54) is 11.1 Å². The van der Waals surface area contributed by atoms with Crippen molar-refractivity contribution in [2.75, 3.05) is 0 Å². The molecule has 1 aromatic rings. The second-order valence-corrected chi connectivity index (χ2v) is 2.15. The molecule has 0 heterocycles. The van der Waals surface area contributed by atoms with Crippen LogP contribution in [0.4, 0.5) is 0 Å². The first kappa shape index (κ1) is 18.5. The van der Waals surface area contributed by atoms with Gasteiger partial charge >= 0.3 is 0 Å². The van der Waals surface area contributed by atoms with Crippen LogP contribution in [0.1, 0.15) is 25.0 Å². The molecule has 0 radical (unpaired) electrons. The number of hydrogen-bond acceptors (Lipinski definition) is 0. The molecule has 2 heteroatoms. The summed E-state index contributed by atoms with van der Waals surface area (Å²) < 4.78 is 0. The van der Waals surface area contributed by atoms with Crippen molar-refractivity contribution in [3.8, 4) is 0 Å². The normalized spacial score (nSPS) is 6.67. The van der Waals surface area contributed by atoms with Gasteiger partial charge < -0.3 is 0 Å². The van der Waals surface area contributed by atoms with Crippen molar-refractivity contribution in [2.24, 2.45) is 0 Å². The first-order chi connectivity index (χ1) is 4.79. The van der Waals surface area contributed by atoms with Crippen molar-refractivity contribution in [3.63, 3.8) is 0 Å². The standard InChI is InChI=1S/C8H10.C2H6.2HI/c1-7-3-5-8(2)6-4-7;1-2;;/h3-6H,1-2H3;1-2H3;2*1H. The molecule has 1 rings (SSSR count). The number of hydrogen-bond donors (Lipinski definition) is 0. The lowest BCUT2D eigenvalue weighted by Gasteiger charge is -1.90. The number of benzene rings is 1. The highest BCUT2D eigenvalue weighted by atomic mass is 127. The third-order valence-electron chi connectivity index (χ3n) is 1.22. The smallest absolute Gasteiger partial charge is 0.0398 e. The topological polar surface area (TPSA) is 0 Å². The molecule has 12 heavy (non-hydrogen) atoms. The molecule has 72 valence electrons. The van der Waals surface area contributed by atoms with Gasteiger partial charge in [-0.15, -0.1) is 48.0 Å². The molecule has 0 bridgehead atoms. The van der Waals surface area contributed by atoms with Crippen molar-refractivity contribution in [1.29, 1.82) is 0 Å². The van der Waals surface area contributed by atoms with E-state index in [1.54, 1.807) is 0 Å². The summed E-state index contributed by atoms with van der Waals surface area (Å²) in [5.41, 5.74) is 2.66. The van der Waals surface area contributed by atoms with Crippen molar-refractivity contribution in [2.45, 2.75) is 27.7 Å². The highest BCUT2D eigenvalue weighted by molar-refractivity contribution is 14.0. The number of halogens is 2. The van der Waals surface area contributed by atoms with Gasteiger partial charge in [0.25, 0.3) is 0 Å². The Morgan fingerprint density at radius 2 is 0.833 bits per heavy atom. The van der Waals surface area contributed by atoms with Gasteiger partial charge in [-0.1, -0.05) is 49.2 Å². The van der Waals surface area contributed by atoms with Gasteiger partial charge in [-0.2, -0.15) is 0 Å². The molecule has 0 spiro atoms. The number of rotatable bonds is 0. The van der Waals surface area contributed by atoms with Crippen molar-refractivity contribution in [1.82, 2.24) is 0 Å². The van der Waals surface area contributed by atoms with E-state index in [1.807, 2.05) is 13.8 Å². The number of aryl methyl sites for hydroxylation is 2. The SMILES string of the molecule is CC.Cc1ccc(C)cc1.I.I. The Morgan fingerprint density at radius 3 is 1.00 bits per heavy atom. The van der Waals surface area contributed by atoms with E-state index in [-0.39, 0.29) is 48.0 Å². The minimum absolute atomic E-state index is 0. The van der Waals surface area contributed by atoms with Crippen LogP contribution >= 0.6 is 48.0 Å². The van der Waals surface area contributed by atoms with Crippen LogP contribution in [0, 0.1) is 13.8 Å². The Morgan fingerprint density at radius 1 is 0.667 bits per heavy atom. The van der Waals surface area contributed by atoms with Crippen LogP contribution in [0.15, 0.2) is 24.3 Å². The maximum Gasteiger partial charge on any atom is -0.0398 e. The molecule has 0 amide bonds. The molecule has 0 nitrogen and oxygen atoms in total. The fourth-order valence-electron chi connectivity index (χ4n) is 0.637. The summed E-state index contributed by atoms with van der Waals surface area (Å²) in [5, 5.41) is 0. The summed E-state index contributed by atoms with van der Waals surface area (Å²) in [7, 11) is 0. The molecule has 0 atom stereocenters. The van der Waals surface area contributed by atoms with Gasteiger partial charge in [0.05, 0.1) is 0 Å². The summed E-state index contributed by atoms with van der Waals surface area (Å²) in [6, 6.07) is 8.48. The van der Waals surface area contributed by atoms with Gasteiger partial charge in [-0.05, 0) is 13.8 Å². The van der Waals surface area contributed by atoms with Crippen LogP contribution in [0.3, 0.4) is 0 Å². The lowest BCUT2D eigenvalue weighted by molar-refractivity contribution is 1.40. The van der Waals surface area contributed by atoms with Crippen LogP contribution in [-0.4, -0.2) is 0 Å². The first-order valence-electron chi connectivity index (χ1n) is 3.82. The Hall–Kier alpha value is 0.680. The van der Waals surface area contributed by atoms with Crippen molar-refractivity contribution < 1.29 is 0 Å². The highest BCUT2D eigenvalue weighted by Gasteiger charge is 1.79. The van der Waals surface area contributed by atoms with Crippen LogP contribution < -0.4 is 0 Å². The molecule has 0 N–H and O–H groups in total. The lowest BCUT2D eigenvalue weighted by atomic mass is 10.2. The highest BCUT2D eigenvalue weighted by Crippen LogP contribution is 1.99. The monoisotopic (exact) mass is 392 g/mol. The third kappa shape index (κ3) is 8.77. The molecule has 0 saturated carbocycles. The molecule has 0 aliphatic carbocycles. The molecule has 0 aliphatic rings. The minimum Gasteiger partial charge on any atom is -0.107 e. The predicted octanol–water partition coefficient (Wildman–Crippen LogP) is 4.57. The van der Waals surface area contributed by atoms with Crippen LogP contribution in [0.5, 0.6) is 0 Å². The summed E-state index contributed by atoms with van der Waals surface area (Å²) in [5.74, 6) is 0. The zero-order valence-electron chi connectivity index (χ0n) is 8.13. The predicted molar refractivity (Wildman–Crippen MR) is 78.1 cm³/mol. The maximum atomic E-state index is 2.12. The zero-order valence-corrected chi connectivity index (χ0v) is 12.8. The fourth-order valence-corrected chi connectivity index (χ4v) is 0.637. The third-order valence-corrected chi connectivity index (χ3v) is 1.22. The van der Waals surface area contributed by atoms with Crippen molar-refractivity contribution in [3.05, 3.63) is 35.4 Å². The van der Waals surface area contributed by atoms with E-state index in [0.29, 0.717) is 0 Å². The summed E-state index contributed by atoms with van der Waals surface area (Å²) >= 11 is 0. The molecule has 0 aliphatic heterocycles. The van der Waals surface area contributed by atoms with Crippen LogP contribution in [0.25, 0.3) is 0 Å². The van der Waals surface area contributed by atoms with E-state index in [0.717, 1.165) is 0 Å². The fraction of sp³-hybridized carbons (Fsp3) is 0.400. The lowest BCUT2D eigenvalue weighted by Crippen LogP contribution is -1.70. The zero-order chi connectivity index (χ0) is 7.98. The van der Waals surface area contributed by atoms with Gasteiger partial charge in [0.15, 0.2) is 0 Å². The Kier molecular flexibility index (Phi) is 18.0. The van der Waals surface area contributed by atoms with Gasteiger partial charge in [0.1, 0.15) is 0 Å². The molecule has 0 saturated heterocycles. The van der Waals surface area contributed by atoms with E-state index in [2.05, 4.69) is 38.1 Å². The second kappa shape index (κ2) is 11.7. The summed E-state index contributed by atoms with van der Waals surface area (Å²) in [4.78, 5) is 0. The summed E-state index contributed by atoms with van der Waals surface area (Å²) in [6.45, 7) is 8.19. The molecule has 0 fully saturated rings. The molecule has 1 aromatic carbocycles. The quantitative estimate of drug-likeness (QED) is 0.568. The molecule has 0 unspecified atom stereocenters. The van der Waals surface area contributed by atoms with Crippen molar-refractivity contribution >= 4 is 48.0 Å². The van der Waals surface area contributed by atoms with Crippen LogP contribution in [0.2, 0.25) is 0 Å². The average molecular weight is 392 g/mol. The average Bonchev–Trinajstić information content (AvgIpc) is 2.00. The Bertz CT molecular complexity index is 147. The summed E-state index contributed by atoms with van der Waals surface area (Å²) in [6.07, 6.45) is 0. The van der Waals surface area contributed by atoms with Gasteiger partial charge in [0.2, 0.25) is 0 Å². The second-order valence-electron chi connectivity index (χ2n) is 2.15. The van der Waals surface area contributed by atoms with Crippen LogP contribution in [-0.2, 0) is 0 Å². The molecule has 0 aromatic heterocycles. The Labute approximate surface area is 110 Å². The van der Waals surface area contributed by atoms with E-state index >= 15 is 0 Å². The van der Waals surface area contributed by atoms with Gasteiger partial charge in [-0.3, -0.25) is 0 Å². The van der Waals surface area contributed by atoms with Gasteiger partial charge in [0, 0.05) is 0 Å². The Balaban J connectivity index is -0.000000189. The minimum atomic E-state index is 0. The first-order valence-corrected chi connectivity index (χ1v) is 3.82. The largest absolute Gasteiger partial charge is 0.107 e. The molecular weight excluding hydrogens is 374 g/mol.